The van der Waals surface area contributed by atoms with E-state index in [9.17, 15) is 0 Å². The first-order valence-corrected chi connectivity index (χ1v) is 19.0. The maximum Gasteiger partial charge on any atom is 0.0165 e. The van der Waals surface area contributed by atoms with Gasteiger partial charge in [0, 0.05) is 10.8 Å². The molecule has 0 bridgehead atoms. The Labute approximate surface area is 312 Å². The molecule has 2 aliphatic carbocycles. The summed E-state index contributed by atoms with van der Waals surface area (Å²) in [4.78, 5) is 0. The van der Waals surface area contributed by atoms with Gasteiger partial charge in [-0.05, 0) is 90.0 Å². The predicted molar refractivity (Wildman–Crippen MR) is 227 cm³/mol. The molecular formula is C52H52. The van der Waals surface area contributed by atoms with E-state index in [0.29, 0.717) is 0 Å². The first-order valence-electron chi connectivity index (χ1n) is 19.0. The maximum absolute atomic E-state index is 2.38. The summed E-state index contributed by atoms with van der Waals surface area (Å²) >= 11 is 0. The van der Waals surface area contributed by atoms with Crippen LogP contribution in [0.3, 0.4) is 0 Å². The zero-order valence-corrected chi connectivity index (χ0v) is 32.2. The van der Waals surface area contributed by atoms with Crippen molar-refractivity contribution in [3.05, 3.63) is 192 Å². The highest BCUT2D eigenvalue weighted by atomic mass is 14.4. The molecule has 0 unspecified atom stereocenters. The van der Waals surface area contributed by atoms with Crippen LogP contribution in [0.15, 0.2) is 170 Å². The molecule has 0 saturated carbocycles. The molecule has 0 atom stereocenters. The van der Waals surface area contributed by atoms with Gasteiger partial charge in [-0.25, -0.2) is 0 Å². The molecule has 0 aromatic heterocycles. The summed E-state index contributed by atoms with van der Waals surface area (Å²) in [6.45, 7) is 17.4. The number of rotatable bonds is 3. The minimum Gasteiger partial charge on any atom is -0.0683 e. The van der Waals surface area contributed by atoms with E-state index in [2.05, 4.69) is 198 Å². The van der Waals surface area contributed by atoms with Crippen LogP contribution in [0, 0.1) is 0 Å². The molecule has 0 saturated heterocycles. The fourth-order valence-corrected chi connectivity index (χ4v) is 8.06. The lowest BCUT2D eigenvalue weighted by Crippen LogP contribution is -2.16. The van der Waals surface area contributed by atoms with Gasteiger partial charge in [0.2, 0.25) is 0 Å². The normalized spacial score (nSPS) is 13.3. The van der Waals surface area contributed by atoms with E-state index in [1.807, 2.05) is 27.7 Å². The van der Waals surface area contributed by atoms with Gasteiger partial charge in [0.15, 0.2) is 0 Å². The SMILES string of the molecule is CC.CC.CC1(C)c2cc(-c3ccccc3)ccc2-c2ccc(-c3ccccc3)cc21.CC1(C)c2ccccc2-c2cccc(-c3ccccc3)c21. The van der Waals surface area contributed by atoms with Gasteiger partial charge < -0.3 is 0 Å². The molecule has 9 rings (SSSR count). The van der Waals surface area contributed by atoms with Gasteiger partial charge in [-0.2, -0.15) is 0 Å². The average Bonchev–Trinajstić information content (AvgIpc) is 3.59. The number of hydrogen-bond acceptors (Lipinski definition) is 0. The van der Waals surface area contributed by atoms with Gasteiger partial charge in [0.1, 0.15) is 0 Å². The lowest BCUT2D eigenvalue weighted by molar-refractivity contribution is 0.661. The average molecular weight is 677 g/mol. The van der Waals surface area contributed by atoms with Crippen molar-refractivity contribution in [1.82, 2.24) is 0 Å². The van der Waals surface area contributed by atoms with Crippen molar-refractivity contribution in [1.29, 1.82) is 0 Å². The Morgan fingerprint density at radius 3 is 1.15 bits per heavy atom. The highest BCUT2D eigenvalue weighted by molar-refractivity contribution is 5.88. The van der Waals surface area contributed by atoms with E-state index < -0.39 is 0 Å². The van der Waals surface area contributed by atoms with Crippen molar-refractivity contribution >= 4 is 0 Å². The second kappa shape index (κ2) is 15.4. The van der Waals surface area contributed by atoms with Crippen LogP contribution >= 0.6 is 0 Å². The van der Waals surface area contributed by atoms with Crippen LogP contribution in [0.4, 0.5) is 0 Å². The van der Waals surface area contributed by atoms with Gasteiger partial charge in [-0.15, -0.1) is 0 Å². The highest BCUT2D eigenvalue weighted by Crippen LogP contribution is 2.52. The van der Waals surface area contributed by atoms with Crippen molar-refractivity contribution < 1.29 is 0 Å². The fourth-order valence-electron chi connectivity index (χ4n) is 8.06. The van der Waals surface area contributed by atoms with Crippen LogP contribution in [0.25, 0.3) is 55.6 Å². The molecule has 260 valence electrons. The third-order valence-corrected chi connectivity index (χ3v) is 10.6. The third kappa shape index (κ3) is 6.55. The molecule has 7 aromatic carbocycles. The maximum atomic E-state index is 2.38. The monoisotopic (exact) mass is 676 g/mol. The second-order valence-corrected chi connectivity index (χ2v) is 14.1. The second-order valence-electron chi connectivity index (χ2n) is 14.1. The Hall–Kier alpha value is -5.46. The molecule has 0 aliphatic heterocycles. The van der Waals surface area contributed by atoms with Crippen LogP contribution in [0.5, 0.6) is 0 Å². The van der Waals surface area contributed by atoms with Gasteiger partial charge >= 0.3 is 0 Å². The van der Waals surface area contributed by atoms with Crippen LogP contribution in [0.2, 0.25) is 0 Å². The van der Waals surface area contributed by atoms with Crippen LogP contribution in [-0.4, -0.2) is 0 Å². The molecule has 0 spiro atoms. The van der Waals surface area contributed by atoms with E-state index in [4.69, 9.17) is 0 Å². The molecule has 0 radical (unpaired) electrons. The van der Waals surface area contributed by atoms with Crippen LogP contribution in [-0.2, 0) is 10.8 Å². The minimum atomic E-state index is 0.000245. The van der Waals surface area contributed by atoms with E-state index in [1.54, 1.807) is 0 Å². The van der Waals surface area contributed by atoms with E-state index in [0.717, 1.165) is 0 Å². The first kappa shape index (κ1) is 36.3. The molecule has 2 aliphatic rings. The fraction of sp³-hybridized carbons (Fsp3) is 0.192. The van der Waals surface area contributed by atoms with E-state index in [1.165, 1.54) is 77.9 Å². The molecule has 0 N–H and O–H groups in total. The number of hydrogen-bond donors (Lipinski definition) is 0. The Morgan fingerprint density at radius 2 is 0.654 bits per heavy atom. The standard InChI is InChI=1S/C27H22.C21H18.2C2H6/c1-27(2)25-17-21(19-9-5-3-6-10-19)13-15-23(25)24-16-14-22(18-26(24)27)20-11-7-4-8-12-20;1-21(2)19-14-7-6-11-17(19)18-13-8-12-16(20(18)21)15-9-4-3-5-10-15;2*1-2/h3-18H,1-2H3;3-14H,1-2H3;2*1-2H3. The lowest BCUT2D eigenvalue weighted by Gasteiger charge is -2.24. The Bertz CT molecular complexity index is 2160. The van der Waals surface area contributed by atoms with Crippen molar-refractivity contribution in [2.45, 2.75) is 66.2 Å². The highest BCUT2D eigenvalue weighted by Gasteiger charge is 2.37. The molecule has 52 heavy (non-hydrogen) atoms. The van der Waals surface area contributed by atoms with Crippen molar-refractivity contribution in [2.75, 3.05) is 0 Å². The first-order chi connectivity index (χ1) is 25.3. The molecule has 0 heterocycles. The predicted octanol–water partition coefficient (Wildman–Crippen LogP) is 15.0. The van der Waals surface area contributed by atoms with Gasteiger partial charge in [-0.3, -0.25) is 0 Å². The Kier molecular flexibility index (Phi) is 10.8. The Balaban J connectivity index is 0.000000167. The summed E-state index contributed by atoms with van der Waals surface area (Å²) in [5.74, 6) is 0. The zero-order valence-electron chi connectivity index (χ0n) is 32.2. The number of fused-ring (bicyclic) bond motifs is 6. The Morgan fingerprint density at radius 1 is 0.269 bits per heavy atom. The molecule has 7 aromatic rings. The summed E-state index contributed by atoms with van der Waals surface area (Å²) in [5, 5.41) is 0. The van der Waals surface area contributed by atoms with Gasteiger partial charge in [-0.1, -0.05) is 213 Å². The largest absolute Gasteiger partial charge is 0.0683 e. The van der Waals surface area contributed by atoms with E-state index in [-0.39, 0.29) is 10.8 Å². The van der Waals surface area contributed by atoms with Crippen LogP contribution in [0.1, 0.15) is 77.6 Å². The van der Waals surface area contributed by atoms with Gasteiger partial charge in [0.05, 0.1) is 0 Å². The summed E-state index contributed by atoms with van der Waals surface area (Å²) in [6.07, 6.45) is 0. The molecule has 0 amide bonds. The molecule has 0 nitrogen and oxygen atoms in total. The van der Waals surface area contributed by atoms with Crippen LogP contribution < -0.4 is 0 Å². The molecule has 0 heteroatoms. The quantitative estimate of drug-likeness (QED) is 0.175. The summed E-state index contributed by atoms with van der Waals surface area (Å²) in [5.41, 5.74) is 19.1. The van der Waals surface area contributed by atoms with E-state index >= 15 is 0 Å². The van der Waals surface area contributed by atoms with Crippen molar-refractivity contribution in [3.63, 3.8) is 0 Å². The lowest BCUT2D eigenvalue weighted by atomic mass is 9.79. The van der Waals surface area contributed by atoms with Crippen molar-refractivity contribution in [3.8, 4) is 55.6 Å². The summed E-state index contributed by atoms with van der Waals surface area (Å²) in [6, 6.07) is 61.4. The van der Waals surface area contributed by atoms with Crippen molar-refractivity contribution in [2.24, 2.45) is 0 Å². The summed E-state index contributed by atoms with van der Waals surface area (Å²) < 4.78 is 0. The molecule has 0 fully saturated rings. The number of benzene rings is 7. The van der Waals surface area contributed by atoms with Gasteiger partial charge in [0.25, 0.3) is 0 Å². The topological polar surface area (TPSA) is 0 Å². The minimum absolute atomic E-state index is 0.000245. The third-order valence-electron chi connectivity index (χ3n) is 10.6. The zero-order chi connectivity index (χ0) is 36.9. The smallest absolute Gasteiger partial charge is 0.0165 e. The molecular weight excluding hydrogens is 625 g/mol. The summed E-state index contributed by atoms with van der Waals surface area (Å²) in [7, 11) is 0.